The summed E-state index contributed by atoms with van der Waals surface area (Å²) in [7, 11) is 0. The van der Waals surface area contributed by atoms with Crippen LogP contribution in [0.2, 0.25) is 0 Å². The Morgan fingerprint density at radius 2 is 1.87 bits per heavy atom. The van der Waals surface area contributed by atoms with Crippen molar-refractivity contribution in [1.29, 1.82) is 0 Å². The van der Waals surface area contributed by atoms with Crippen LogP contribution in [0.3, 0.4) is 0 Å². The second-order valence-electron chi connectivity index (χ2n) is 10.1. The van der Waals surface area contributed by atoms with Crippen LogP contribution in [0.15, 0.2) is 47.1 Å². The topological polar surface area (TPSA) is 80.4 Å². The number of fused-ring (bicyclic) bond motifs is 4. The molecule has 158 valence electrons. The first-order chi connectivity index (χ1) is 14.2. The molecule has 0 aliphatic heterocycles. The zero-order valence-corrected chi connectivity index (χ0v) is 17.9. The summed E-state index contributed by atoms with van der Waals surface area (Å²) in [6.45, 7) is 3.70. The average molecular weight is 406 g/mol. The number of nitrogen functional groups attached to an aromatic ring is 1. The summed E-state index contributed by atoms with van der Waals surface area (Å²) in [6.07, 6.45) is 7.40. The fourth-order valence-electron chi connectivity index (χ4n) is 7.27. The number of nitrogens with two attached hydrogens (primary N) is 1. The highest BCUT2D eigenvalue weighted by Gasteiger charge is 2.64. The van der Waals surface area contributed by atoms with Gasteiger partial charge in [0, 0.05) is 23.4 Å². The Bertz CT molecular complexity index is 988. The Balaban J connectivity index is 1.70. The normalized spacial score (nSPS) is 37.9. The summed E-state index contributed by atoms with van der Waals surface area (Å²) < 4.78 is 0. The highest BCUT2D eigenvalue weighted by molar-refractivity contribution is 5.93. The Hall–Kier alpha value is -2.20. The molecule has 3 N–H and O–H groups in total. The van der Waals surface area contributed by atoms with Crippen molar-refractivity contribution in [2.24, 2.45) is 17.3 Å². The maximum atomic E-state index is 12.6. The van der Waals surface area contributed by atoms with E-state index in [2.05, 4.69) is 19.1 Å². The first kappa shape index (κ1) is 19.7. The smallest absolute Gasteiger partial charge is 0.161 e. The molecule has 1 aromatic carbocycles. The molecule has 0 spiro atoms. The van der Waals surface area contributed by atoms with E-state index in [1.165, 1.54) is 22.3 Å². The zero-order chi connectivity index (χ0) is 21.3. The minimum absolute atomic E-state index is 0.0979. The molecular weight excluding hydrogens is 374 g/mol. The van der Waals surface area contributed by atoms with E-state index in [0.717, 1.165) is 37.8 Å². The number of anilines is 1. The lowest BCUT2D eigenvalue weighted by molar-refractivity contribution is -0.152. The summed E-state index contributed by atoms with van der Waals surface area (Å²) in [4.78, 5) is 24.7. The van der Waals surface area contributed by atoms with Crippen LogP contribution in [0.5, 0.6) is 0 Å². The lowest BCUT2D eigenvalue weighted by Crippen LogP contribution is -2.55. The average Bonchev–Trinajstić information content (AvgIpc) is 2.99. The number of ketones is 2. The Morgan fingerprint density at radius 1 is 1.13 bits per heavy atom. The molecule has 0 saturated heterocycles. The van der Waals surface area contributed by atoms with Gasteiger partial charge in [-0.2, -0.15) is 0 Å². The number of carbonyl (C=O) groups excluding carboxylic acids is 2. The molecule has 0 bridgehead atoms. The number of Topliss-reactive ketones (excluding diaryl/α,β-unsaturated/α-hetero) is 1. The van der Waals surface area contributed by atoms with Crippen molar-refractivity contribution in [2.75, 3.05) is 5.73 Å². The van der Waals surface area contributed by atoms with E-state index in [-0.39, 0.29) is 17.5 Å². The number of rotatable bonds is 2. The van der Waals surface area contributed by atoms with Gasteiger partial charge in [-0.05, 0) is 92.2 Å². The van der Waals surface area contributed by atoms with Gasteiger partial charge in [0.2, 0.25) is 0 Å². The third-order valence-corrected chi connectivity index (χ3v) is 8.81. The van der Waals surface area contributed by atoms with Gasteiger partial charge in [0.25, 0.3) is 0 Å². The Labute approximate surface area is 178 Å². The van der Waals surface area contributed by atoms with Crippen molar-refractivity contribution >= 4 is 17.3 Å². The predicted octanol–water partition coefficient (Wildman–Crippen LogP) is 4.49. The van der Waals surface area contributed by atoms with E-state index >= 15 is 0 Å². The largest absolute Gasteiger partial charge is 0.399 e. The molecule has 5 rings (SSSR count). The monoisotopic (exact) mass is 405 g/mol. The third kappa shape index (κ3) is 2.62. The van der Waals surface area contributed by atoms with Crippen LogP contribution < -0.4 is 5.73 Å². The number of aliphatic hydroxyl groups is 1. The number of hydrogen-bond donors (Lipinski definition) is 2. The Kier molecular flexibility index (Phi) is 4.38. The summed E-state index contributed by atoms with van der Waals surface area (Å²) in [6, 6.07) is 8.09. The van der Waals surface area contributed by atoms with Gasteiger partial charge in [0.05, 0.1) is 0 Å². The van der Waals surface area contributed by atoms with Gasteiger partial charge >= 0.3 is 0 Å². The van der Waals surface area contributed by atoms with Crippen molar-refractivity contribution < 1.29 is 14.7 Å². The highest BCUT2D eigenvalue weighted by atomic mass is 16.3. The standard InChI is InChI=1S/C26H31NO3/c1-15(28)26(30)12-11-23-21-9-5-17-13-19(29)8-10-20(17)24(21)22(14-25(23,26)2)16-3-6-18(27)7-4-16/h3-4,6-7,13,21-23,30H,5,8-12,14,27H2,1-2H3/t21-,22+,23-,25-,26-/m1/s1. The first-order valence-electron chi connectivity index (χ1n) is 11.3. The first-order valence-corrected chi connectivity index (χ1v) is 11.3. The minimum Gasteiger partial charge on any atom is -0.399 e. The molecule has 2 fully saturated rings. The van der Waals surface area contributed by atoms with Crippen LogP contribution in [0.1, 0.15) is 70.3 Å². The number of allylic oxidation sites excluding steroid dienone is 4. The zero-order valence-electron chi connectivity index (χ0n) is 17.9. The number of hydrogen-bond acceptors (Lipinski definition) is 4. The lowest BCUT2D eigenvalue weighted by Gasteiger charge is -2.54. The number of carbonyl (C=O) groups is 2. The maximum absolute atomic E-state index is 12.6. The van der Waals surface area contributed by atoms with E-state index < -0.39 is 11.0 Å². The molecule has 0 heterocycles. The van der Waals surface area contributed by atoms with Gasteiger partial charge in [0.15, 0.2) is 11.6 Å². The van der Waals surface area contributed by atoms with E-state index in [4.69, 9.17) is 5.73 Å². The molecule has 0 amide bonds. The van der Waals surface area contributed by atoms with Crippen LogP contribution in [-0.2, 0) is 9.59 Å². The van der Waals surface area contributed by atoms with Gasteiger partial charge < -0.3 is 10.8 Å². The van der Waals surface area contributed by atoms with Crippen molar-refractivity contribution in [3.05, 3.63) is 52.6 Å². The lowest BCUT2D eigenvalue weighted by atomic mass is 9.51. The molecule has 0 unspecified atom stereocenters. The molecule has 4 heteroatoms. The molecule has 4 nitrogen and oxygen atoms in total. The van der Waals surface area contributed by atoms with Gasteiger partial charge in [-0.15, -0.1) is 0 Å². The molecule has 4 aliphatic rings. The van der Waals surface area contributed by atoms with Crippen LogP contribution in [0.25, 0.3) is 0 Å². The fraction of sp³-hybridized carbons (Fsp3) is 0.538. The molecule has 0 aromatic heterocycles. The molecule has 30 heavy (non-hydrogen) atoms. The van der Waals surface area contributed by atoms with E-state index in [1.54, 1.807) is 6.92 Å². The van der Waals surface area contributed by atoms with E-state index in [0.29, 0.717) is 24.7 Å². The van der Waals surface area contributed by atoms with Crippen molar-refractivity contribution in [2.45, 2.75) is 70.3 Å². The molecular formula is C26H31NO3. The molecule has 0 radical (unpaired) electrons. The minimum atomic E-state index is -1.25. The van der Waals surface area contributed by atoms with Gasteiger partial charge in [0.1, 0.15) is 5.60 Å². The van der Waals surface area contributed by atoms with Gasteiger partial charge in [-0.1, -0.05) is 24.6 Å². The Morgan fingerprint density at radius 3 is 2.57 bits per heavy atom. The van der Waals surface area contributed by atoms with Crippen molar-refractivity contribution in [1.82, 2.24) is 0 Å². The van der Waals surface area contributed by atoms with Crippen LogP contribution >= 0.6 is 0 Å². The van der Waals surface area contributed by atoms with E-state index in [9.17, 15) is 14.7 Å². The van der Waals surface area contributed by atoms with Crippen LogP contribution in [0, 0.1) is 17.3 Å². The third-order valence-electron chi connectivity index (χ3n) is 8.81. The molecule has 2 saturated carbocycles. The molecule has 5 atom stereocenters. The summed E-state index contributed by atoms with van der Waals surface area (Å²) in [5.74, 6) is 0.953. The fourth-order valence-corrected chi connectivity index (χ4v) is 7.27. The second-order valence-corrected chi connectivity index (χ2v) is 10.1. The van der Waals surface area contributed by atoms with E-state index in [1.807, 2.05) is 18.2 Å². The van der Waals surface area contributed by atoms with Gasteiger partial charge in [-0.25, -0.2) is 0 Å². The van der Waals surface area contributed by atoms with Crippen LogP contribution in [-0.4, -0.2) is 22.3 Å². The van der Waals surface area contributed by atoms with Gasteiger partial charge in [-0.3, -0.25) is 9.59 Å². The second kappa shape index (κ2) is 6.65. The molecule has 4 aliphatic carbocycles. The maximum Gasteiger partial charge on any atom is 0.161 e. The SMILES string of the molecule is CC(=O)[C@]1(O)CC[C@@H]2[C@H]3CCC4=CC(=O)CCC4=C3[C@H](c3ccc(N)cc3)C[C@]21C. The summed E-state index contributed by atoms with van der Waals surface area (Å²) >= 11 is 0. The van der Waals surface area contributed by atoms with Crippen molar-refractivity contribution in [3.63, 3.8) is 0 Å². The predicted molar refractivity (Wildman–Crippen MR) is 117 cm³/mol. The number of benzene rings is 1. The summed E-state index contributed by atoms with van der Waals surface area (Å²) in [5.41, 5.74) is 10.3. The quantitative estimate of drug-likeness (QED) is 0.711. The van der Waals surface area contributed by atoms with Crippen molar-refractivity contribution in [3.8, 4) is 0 Å². The van der Waals surface area contributed by atoms with Crippen LogP contribution in [0.4, 0.5) is 5.69 Å². The molecule has 1 aromatic rings. The summed E-state index contributed by atoms with van der Waals surface area (Å²) in [5, 5.41) is 11.5. The highest BCUT2D eigenvalue weighted by Crippen LogP contribution is 2.66.